The lowest BCUT2D eigenvalue weighted by atomic mass is 10.2. The Kier molecular flexibility index (Phi) is 6.25. The van der Waals surface area contributed by atoms with Crippen molar-refractivity contribution >= 4 is 51.6 Å². The summed E-state index contributed by atoms with van der Waals surface area (Å²) in [6.07, 6.45) is 0. The molecule has 0 bridgehead atoms. The summed E-state index contributed by atoms with van der Waals surface area (Å²) in [6.45, 7) is 0. The van der Waals surface area contributed by atoms with Crippen LogP contribution >= 0.6 is 23.8 Å². The summed E-state index contributed by atoms with van der Waals surface area (Å²) < 4.78 is 16.2. The third-order valence-corrected chi connectivity index (χ3v) is 5.00. The normalized spacial score (nSPS) is 10.6. The molecule has 0 aliphatic heterocycles. The second kappa shape index (κ2) is 9.25. The Morgan fingerprint density at radius 3 is 2.50 bits per heavy atom. The number of benzene rings is 3. The van der Waals surface area contributed by atoms with Gasteiger partial charge >= 0.3 is 0 Å². The van der Waals surface area contributed by atoms with Gasteiger partial charge in [-0.25, -0.2) is 4.98 Å². The average molecular weight is 468 g/mol. The van der Waals surface area contributed by atoms with Crippen LogP contribution in [-0.4, -0.2) is 30.2 Å². The van der Waals surface area contributed by atoms with Gasteiger partial charge in [0.25, 0.3) is 5.91 Å². The summed E-state index contributed by atoms with van der Waals surface area (Å²) in [5.74, 6) is 1.05. The van der Waals surface area contributed by atoms with Crippen molar-refractivity contribution in [3.8, 4) is 23.0 Å². The molecule has 0 radical (unpaired) electrons. The Morgan fingerprint density at radius 1 is 1.03 bits per heavy atom. The van der Waals surface area contributed by atoms with Gasteiger partial charge < -0.3 is 19.2 Å². The minimum atomic E-state index is -0.397. The Hall–Kier alpha value is -3.62. The maximum atomic E-state index is 12.6. The van der Waals surface area contributed by atoms with Crippen molar-refractivity contribution in [3.63, 3.8) is 0 Å². The highest BCUT2D eigenvalue weighted by atomic mass is 35.5. The molecule has 1 amide bonds. The van der Waals surface area contributed by atoms with Gasteiger partial charge in [0.05, 0.1) is 14.2 Å². The molecule has 0 unspecified atom stereocenters. The number of carbonyl (C=O) groups is 1. The minimum Gasteiger partial charge on any atom is -0.497 e. The van der Waals surface area contributed by atoms with Crippen molar-refractivity contribution < 1.29 is 18.7 Å². The lowest BCUT2D eigenvalue weighted by Gasteiger charge is -2.12. The van der Waals surface area contributed by atoms with E-state index in [0.717, 1.165) is 5.56 Å². The quantitative estimate of drug-likeness (QED) is 0.385. The van der Waals surface area contributed by atoms with E-state index in [1.54, 1.807) is 36.4 Å². The van der Waals surface area contributed by atoms with E-state index >= 15 is 0 Å². The monoisotopic (exact) mass is 467 g/mol. The molecule has 2 N–H and O–H groups in total. The van der Waals surface area contributed by atoms with Gasteiger partial charge in [-0.05, 0) is 60.7 Å². The number of nitrogens with zero attached hydrogens (tertiary/aromatic N) is 1. The third-order valence-electron chi connectivity index (χ3n) is 4.56. The number of amides is 1. The molecule has 162 valence electrons. The number of thiocarbonyl (C=S) groups is 1. The first kappa shape index (κ1) is 21.6. The van der Waals surface area contributed by atoms with Crippen LogP contribution < -0.4 is 20.1 Å². The van der Waals surface area contributed by atoms with Crippen LogP contribution in [0.1, 0.15) is 10.4 Å². The highest BCUT2D eigenvalue weighted by molar-refractivity contribution is 7.80. The van der Waals surface area contributed by atoms with Gasteiger partial charge in [-0.3, -0.25) is 10.1 Å². The zero-order valence-electron chi connectivity index (χ0n) is 17.1. The topological polar surface area (TPSA) is 85.6 Å². The number of methoxy groups -OCH3 is 2. The first-order valence-corrected chi connectivity index (χ1v) is 10.3. The molecular formula is C23H18ClN3O4S. The van der Waals surface area contributed by atoms with E-state index in [0.29, 0.717) is 44.8 Å². The van der Waals surface area contributed by atoms with Crippen LogP contribution in [0.2, 0.25) is 5.02 Å². The Bertz CT molecular complexity index is 1300. The van der Waals surface area contributed by atoms with Crippen LogP contribution in [0.25, 0.3) is 22.6 Å². The summed E-state index contributed by atoms with van der Waals surface area (Å²) in [4.78, 5) is 17.1. The number of ether oxygens (including phenoxy) is 2. The van der Waals surface area contributed by atoms with Gasteiger partial charge in [-0.15, -0.1) is 0 Å². The van der Waals surface area contributed by atoms with Gasteiger partial charge in [0.2, 0.25) is 5.89 Å². The number of nitrogens with one attached hydrogen (secondary N) is 2. The SMILES string of the molecule is COc1cc(OC)cc(C(=O)NC(=S)Nc2cccc(-c3nc4cc(Cl)ccc4o3)c2)c1. The number of fused-ring (bicyclic) bond motifs is 1. The van der Waals surface area contributed by atoms with Crippen LogP contribution in [0.4, 0.5) is 5.69 Å². The number of hydrogen-bond donors (Lipinski definition) is 2. The fourth-order valence-electron chi connectivity index (χ4n) is 3.03. The van der Waals surface area contributed by atoms with E-state index in [1.165, 1.54) is 14.2 Å². The van der Waals surface area contributed by atoms with Crippen LogP contribution in [0.5, 0.6) is 11.5 Å². The Labute approximate surface area is 194 Å². The van der Waals surface area contributed by atoms with Crippen molar-refractivity contribution in [2.75, 3.05) is 19.5 Å². The largest absolute Gasteiger partial charge is 0.497 e. The minimum absolute atomic E-state index is 0.137. The van der Waals surface area contributed by atoms with Crippen LogP contribution in [0.3, 0.4) is 0 Å². The predicted molar refractivity (Wildman–Crippen MR) is 128 cm³/mol. The van der Waals surface area contributed by atoms with E-state index in [2.05, 4.69) is 15.6 Å². The third kappa shape index (κ3) is 4.82. The number of carbonyl (C=O) groups excluding carboxylic acids is 1. The molecule has 4 aromatic rings. The molecule has 1 heterocycles. The first-order chi connectivity index (χ1) is 15.4. The molecule has 0 saturated carbocycles. The number of hydrogen-bond acceptors (Lipinski definition) is 6. The molecule has 0 aliphatic carbocycles. The lowest BCUT2D eigenvalue weighted by molar-refractivity contribution is 0.0977. The number of anilines is 1. The molecule has 4 rings (SSSR count). The molecule has 0 spiro atoms. The molecule has 9 heteroatoms. The molecule has 1 aromatic heterocycles. The molecule has 3 aromatic carbocycles. The fraction of sp³-hybridized carbons (Fsp3) is 0.0870. The van der Waals surface area contributed by atoms with Crippen LogP contribution in [0.15, 0.2) is 65.1 Å². The van der Waals surface area contributed by atoms with E-state index in [4.69, 9.17) is 37.7 Å². The van der Waals surface area contributed by atoms with Gasteiger partial charge in [0, 0.05) is 27.9 Å². The number of oxazole rings is 1. The highest BCUT2D eigenvalue weighted by Crippen LogP contribution is 2.28. The van der Waals surface area contributed by atoms with E-state index in [9.17, 15) is 4.79 Å². The summed E-state index contributed by atoms with van der Waals surface area (Å²) in [6, 6.07) is 17.5. The maximum absolute atomic E-state index is 12.6. The van der Waals surface area contributed by atoms with Gasteiger partial charge in [0.15, 0.2) is 10.7 Å². The Morgan fingerprint density at radius 2 is 1.78 bits per heavy atom. The van der Waals surface area contributed by atoms with Crippen molar-refractivity contribution in [2.45, 2.75) is 0 Å². The molecule has 0 aliphatic rings. The highest BCUT2D eigenvalue weighted by Gasteiger charge is 2.13. The molecule has 0 fully saturated rings. The van der Waals surface area contributed by atoms with Crippen molar-refractivity contribution in [2.24, 2.45) is 0 Å². The van der Waals surface area contributed by atoms with Crippen molar-refractivity contribution in [1.29, 1.82) is 0 Å². The van der Waals surface area contributed by atoms with E-state index in [-0.39, 0.29) is 5.11 Å². The van der Waals surface area contributed by atoms with E-state index < -0.39 is 5.91 Å². The molecular weight excluding hydrogens is 450 g/mol. The predicted octanol–water partition coefficient (Wildman–Crippen LogP) is 5.29. The second-order valence-electron chi connectivity index (χ2n) is 6.72. The molecule has 7 nitrogen and oxygen atoms in total. The molecule has 0 saturated heterocycles. The van der Waals surface area contributed by atoms with Crippen molar-refractivity contribution in [3.05, 3.63) is 71.2 Å². The van der Waals surface area contributed by atoms with Gasteiger partial charge in [-0.1, -0.05) is 17.7 Å². The van der Waals surface area contributed by atoms with Gasteiger partial charge in [0.1, 0.15) is 17.0 Å². The zero-order chi connectivity index (χ0) is 22.7. The summed E-state index contributed by atoms with van der Waals surface area (Å²) in [5, 5.41) is 6.37. The summed E-state index contributed by atoms with van der Waals surface area (Å²) >= 11 is 11.3. The summed E-state index contributed by atoms with van der Waals surface area (Å²) in [5.41, 5.74) is 3.07. The lowest BCUT2D eigenvalue weighted by Crippen LogP contribution is -2.34. The van der Waals surface area contributed by atoms with Gasteiger partial charge in [-0.2, -0.15) is 0 Å². The smallest absolute Gasteiger partial charge is 0.257 e. The fourth-order valence-corrected chi connectivity index (χ4v) is 3.41. The maximum Gasteiger partial charge on any atom is 0.257 e. The second-order valence-corrected chi connectivity index (χ2v) is 7.57. The standard InChI is InChI=1S/C23H18ClN3O4S/c1-29-17-9-14(10-18(12-17)30-2)21(28)27-23(32)25-16-5-3-4-13(8-16)22-26-19-11-15(24)6-7-20(19)31-22/h3-12H,1-2H3,(H2,25,27,28,32). The zero-order valence-corrected chi connectivity index (χ0v) is 18.7. The van der Waals surface area contributed by atoms with Crippen LogP contribution in [0, 0.1) is 0 Å². The number of halogens is 1. The first-order valence-electron chi connectivity index (χ1n) is 9.47. The Balaban J connectivity index is 1.48. The number of aromatic nitrogens is 1. The van der Waals surface area contributed by atoms with Crippen molar-refractivity contribution in [1.82, 2.24) is 10.3 Å². The average Bonchev–Trinajstić information content (AvgIpc) is 3.22. The van der Waals surface area contributed by atoms with E-state index in [1.807, 2.05) is 24.3 Å². The summed E-state index contributed by atoms with van der Waals surface area (Å²) in [7, 11) is 3.03. The molecule has 32 heavy (non-hydrogen) atoms. The number of rotatable bonds is 5. The van der Waals surface area contributed by atoms with Crippen LogP contribution in [-0.2, 0) is 0 Å². The molecule has 0 atom stereocenters.